The number of ether oxygens (including phenoxy) is 1. The van der Waals surface area contributed by atoms with E-state index >= 15 is 0 Å². The van der Waals surface area contributed by atoms with Gasteiger partial charge in [-0.15, -0.1) is 0 Å². The van der Waals surface area contributed by atoms with Gasteiger partial charge < -0.3 is 10.1 Å². The van der Waals surface area contributed by atoms with E-state index in [-0.39, 0.29) is 5.97 Å². The third kappa shape index (κ3) is 3.96. The molecule has 1 aromatic rings. The number of hydrogen-bond donors (Lipinski definition) is 1. The third-order valence-electron chi connectivity index (χ3n) is 3.83. The molecule has 0 amide bonds. The lowest BCUT2D eigenvalue weighted by Gasteiger charge is -2.38. The minimum Gasteiger partial charge on any atom is -0.468 e. The molecular weight excluding hydrogens is 306 g/mol. The summed E-state index contributed by atoms with van der Waals surface area (Å²) >= 11 is 3.21. The number of carbonyl (C=O) groups excluding carboxylic acids is 1. The number of carbonyl (C=O) groups is 1. The molecule has 2 rings (SSSR count). The molecule has 0 saturated heterocycles. The van der Waals surface area contributed by atoms with Gasteiger partial charge in [-0.2, -0.15) is 4.37 Å². The van der Waals surface area contributed by atoms with Crippen LogP contribution in [0.4, 0.5) is 0 Å². The van der Waals surface area contributed by atoms with E-state index in [1.165, 1.54) is 18.6 Å². The van der Waals surface area contributed by atoms with Crippen molar-refractivity contribution in [1.29, 1.82) is 0 Å². The highest BCUT2D eigenvalue weighted by atomic mass is 32.2. The number of methoxy groups -OCH3 is 1. The number of esters is 1. The van der Waals surface area contributed by atoms with Gasteiger partial charge in [0.2, 0.25) is 0 Å². The van der Waals surface area contributed by atoms with Crippen LogP contribution >= 0.6 is 23.3 Å². The monoisotopic (exact) mass is 329 g/mol. The van der Waals surface area contributed by atoms with Crippen LogP contribution in [0.1, 0.15) is 45.4 Å². The van der Waals surface area contributed by atoms with E-state index in [9.17, 15) is 4.79 Å². The molecule has 1 aromatic heterocycles. The minimum absolute atomic E-state index is 0.138. The first kappa shape index (κ1) is 16.7. The van der Waals surface area contributed by atoms with Crippen LogP contribution in [0.2, 0.25) is 0 Å². The first-order valence-corrected chi connectivity index (χ1v) is 9.11. The Morgan fingerprint density at radius 1 is 1.57 bits per heavy atom. The smallest absolute Gasteiger partial charge is 0.326 e. The van der Waals surface area contributed by atoms with E-state index in [1.807, 2.05) is 6.92 Å². The molecule has 1 aliphatic rings. The predicted octanol–water partition coefficient (Wildman–Crippen LogP) is 2.66. The topological polar surface area (TPSA) is 64.1 Å². The van der Waals surface area contributed by atoms with Gasteiger partial charge in [0.1, 0.15) is 11.4 Å². The lowest BCUT2D eigenvalue weighted by molar-refractivity contribution is -0.150. The molecular formula is C14H23N3O2S2. The van der Waals surface area contributed by atoms with Crippen LogP contribution in [0, 0.1) is 0 Å². The van der Waals surface area contributed by atoms with Crippen LogP contribution in [-0.2, 0) is 16.0 Å². The fourth-order valence-corrected chi connectivity index (χ4v) is 5.14. The maximum absolute atomic E-state index is 12.2. The number of aryl methyl sites for hydroxylation is 1. The lowest BCUT2D eigenvalue weighted by atomic mass is 9.81. The molecule has 21 heavy (non-hydrogen) atoms. The van der Waals surface area contributed by atoms with Crippen molar-refractivity contribution in [1.82, 2.24) is 14.7 Å². The van der Waals surface area contributed by atoms with Crippen LogP contribution < -0.4 is 5.32 Å². The molecule has 2 atom stereocenters. The second kappa shape index (κ2) is 7.56. The SMILES string of the molecule is CCNC1(C(=O)OC)CCCC(Sc2nc(CC)ns2)C1. The predicted molar refractivity (Wildman–Crippen MR) is 85.8 cm³/mol. The van der Waals surface area contributed by atoms with Crippen molar-refractivity contribution in [2.75, 3.05) is 13.7 Å². The summed E-state index contributed by atoms with van der Waals surface area (Å²) in [5, 5.41) is 3.74. The fraction of sp³-hybridized carbons (Fsp3) is 0.786. The van der Waals surface area contributed by atoms with Crippen molar-refractivity contribution in [2.45, 2.75) is 61.1 Å². The minimum atomic E-state index is -0.530. The average molecular weight is 329 g/mol. The maximum Gasteiger partial charge on any atom is 0.326 e. The molecule has 0 aromatic carbocycles. The van der Waals surface area contributed by atoms with Crippen LogP contribution in [0.3, 0.4) is 0 Å². The van der Waals surface area contributed by atoms with Gasteiger partial charge in [0.05, 0.1) is 7.11 Å². The Balaban J connectivity index is 2.05. The molecule has 0 bridgehead atoms. The maximum atomic E-state index is 12.2. The third-order valence-corrected chi connectivity index (χ3v) is 5.92. The molecule has 1 heterocycles. The molecule has 2 unspecified atom stereocenters. The molecule has 118 valence electrons. The van der Waals surface area contributed by atoms with E-state index in [0.717, 1.165) is 48.8 Å². The largest absolute Gasteiger partial charge is 0.468 e. The zero-order chi connectivity index (χ0) is 15.3. The highest BCUT2D eigenvalue weighted by Crippen LogP contribution is 2.39. The second-order valence-electron chi connectivity index (χ2n) is 5.27. The van der Waals surface area contributed by atoms with E-state index in [2.05, 4.69) is 21.6 Å². The quantitative estimate of drug-likeness (QED) is 0.810. The number of hydrogen-bond acceptors (Lipinski definition) is 7. The first-order chi connectivity index (χ1) is 10.1. The van der Waals surface area contributed by atoms with Crippen LogP contribution in [-0.4, -0.2) is 39.8 Å². The highest BCUT2D eigenvalue weighted by molar-refractivity contribution is 8.01. The van der Waals surface area contributed by atoms with E-state index in [4.69, 9.17) is 4.74 Å². The molecule has 1 aliphatic carbocycles. The summed E-state index contributed by atoms with van der Waals surface area (Å²) in [6, 6.07) is 0. The zero-order valence-electron chi connectivity index (χ0n) is 12.8. The molecule has 0 spiro atoms. The van der Waals surface area contributed by atoms with Gasteiger partial charge in [0.25, 0.3) is 0 Å². The second-order valence-corrected chi connectivity index (χ2v) is 7.57. The average Bonchev–Trinajstić information content (AvgIpc) is 2.94. The van der Waals surface area contributed by atoms with Gasteiger partial charge >= 0.3 is 5.97 Å². The Morgan fingerprint density at radius 3 is 3.00 bits per heavy atom. The van der Waals surface area contributed by atoms with Crippen molar-refractivity contribution in [3.63, 3.8) is 0 Å². The molecule has 0 radical (unpaired) electrons. The molecule has 1 fully saturated rings. The molecule has 1 N–H and O–H groups in total. The fourth-order valence-electron chi connectivity index (χ4n) is 2.85. The molecule has 1 saturated carbocycles. The molecule has 5 nitrogen and oxygen atoms in total. The summed E-state index contributed by atoms with van der Waals surface area (Å²) in [6.07, 6.45) is 4.64. The number of rotatable bonds is 6. The van der Waals surface area contributed by atoms with Gasteiger partial charge in [-0.25, -0.2) is 4.98 Å². The van der Waals surface area contributed by atoms with Crippen molar-refractivity contribution >= 4 is 29.3 Å². The van der Waals surface area contributed by atoms with Gasteiger partial charge in [0.15, 0.2) is 4.34 Å². The van der Waals surface area contributed by atoms with Crippen LogP contribution in [0.5, 0.6) is 0 Å². The molecule has 7 heteroatoms. The van der Waals surface area contributed by atoms with Crippen molar-refractivity contribution < 1.29 is 9.53 Å². The summed E-state index contributed by atoms with van der Waals surface area (Å²) in [6.45, 7) is 4.86. The Morgan fingerprint density at radius 2 is 2.38 bits per heavy atom. The number of nitrogens with one attached hydrogen (secondary N) is 1. The first-order valence-electron chi connectivity index (χ1n) is 7.46. The van der Waals surface area contributed by atoms with E-state index in [0.29, 0.717) is 5.25 Å². The summed E-state index contributed by atoms with van der Waals surface area (Å²) in [5.41, 5.74) is -0.530. The van der Waals surface area contributed by atoms with E-state index in [1.54, 1.807) is 11.8 Å². The standard InChI is InChI=1S/C14H23N3O2S2/c1-4-11-16-13(21-17-11)20-10-7-6-8-14(9-10,15-5-2)12(18)19-3/h10,15H,4-9H2,1-3H3. The number of thioether (sulfide) groups is 1. The zero-order valence-corrected chi connectivity index (χ0v) is 14.5. The van der Waals surface area contributed by atoms with Gasteiger partial charge in [-0.1, -0.05) is 25.6 Å². The van der Waals surface area contributed by atoms with Crippen LogP contribution in [0.15, 0.2) is 4.34 Å². The van der Waals surface area contributed by atoms with Crippen molar-refractivity contribution in [3.8, 4) is 0 Å². The summed E-state index contributed by atoms with van der Waals surface area (Å²) in [5.74, 6) is 0.769. The van der Waals surface area contributed by atoms with Crippen LogP contribution in [0.25, 0.3) is 0 Å². The van der Waals surface area contributed by atoms with Crippen molar-refractivity contribution in [3.05, 3.63) is 5.82 Å². The van der Waals surface area contributed by atoms with Crippen molar-refractivity contribution in [2.24, 2.45) is 0 Å². The summed E-state index contributed by atoms with van der Waals surface area (Å²) in [4.78, 5) is 16.7. The number of aromatic nitrogens is 2. The van der Waals surface area contributed by atoms with E-state index < -0.39 is 5.54 Å². The highest BCUT2D eigenvalue weighted by Gasteiger charge is 2.43. The number of nitrogens with zero attached hydrogens (tertiary/aromatic N) is 2. The summed E-state index contributed by atoms with van der Waals surface area (Å²) in [7, 11) is 1.47. The number of likely N-dealkylation sites (N-methyl/N-ethyl adjacent to an activating group) is 1. The Bertz CT molecular complexity index is 477. The lowest BCUT2D eigenvalue weighted by Crippen LogP contribution is -2.55. The van der Waals surface area contributed by atoms with Gasteiger partial charge in [-0.05, 0) is 43.8 Å². The Labute approximate surface area is 134 Å². The molecule has 0 aliphatic heterocycles. The Kier molecular flexibility index (Phi) is 6.01. The summed E-state index contributed by atoms with van der Waals surface area (Å²) < 4.78 is 10.4. The normalized spacial score (nSPS) is 25.8. The Hall–Kier alpha value is -0.660. The van der Waals surface area contributed by atoms with Gasteiger partial charge in [-0.3, -0.25) is 4.79 Å². The van der Waals surface area contributed by atoms with Gasteiger partial charge in [0, 0.05) is 11.7 Å².